The van der Waals surface area contributed by atoms with Crippen LogP contribution < -0.4 is 5.73 Å². The lowest BCUT2D eigenvalue weighted by molar-refractivity contribution is 1.19. The molecule has 0 bridgehead atoms. The second kappa shape index (κ2) is 3.62. The van der Waals surface area contributed by atoms with Crippen LogP contribution in [-0.4, -0.2) is 6.54 Å². The van der Waals surface area contributed by atoms with Gasteiger partial charge in [0.2, 0.25) is 0 Å². The first-order chi connectivity index (χ1) is 3.31. The van der Waals surface area contributed by atoms with Gasteiger partial charge in [0.25, 0.3) is 0 Å². The predicted molar refractivity (Wildman–Crippen MR) is 33.0 cm³/mol. The van der Waals surface area contributed by atoms with Gasteiger partial charge in [-0.15, -0.1) is 0 Å². The molecule has 2 N–H and O–H groups in total. The van der Waals surface area contributed by atoms with E-state index in [1.807, 2.05) is 19.1 Å². The van der Waals surface area contributed by atoms with E-state index in [0.29, 0.717) is 6.54 Å². The van der Waals surface area contributed by atoms with Crippen LogP contribution in [0.5, 0.6) is 0 Å². The standard InChI is InChI=1S/C6H11N/c1-3-4-6(2)5-7/h3-4H,2,5,7H2,1H3/b4-3+. The minimum Gasteiger partial charge on any atom is -0.327 e. The molecule has 0 heterocycles. The van der Waals surface area contributed by atoms with Crippen molar-refractivity contribution in [1.82, 2.24) is 0 Å². The first-order valence-corrected chi connectivity index (χ1v) is 2.31. The van der Waals surface area contributed by atoms with Crippen LogP contribution in [0.3, 0.4) is 0 Å². The van der Waals surface area contributed by atoms with Crippen molar-refractivity contribution in [3.8, 4) is 0 Å². The van der Waals surface area contributed by atoms with Gasteiger partial charge >= 0.3 is 0 Å². The fourth-order valence-corrected chi connectivity index (χ4v) is 0.304. The first kappa shape index (κ1) is 6.44. The molecule has 7 heavy (non-hydrogen) atoms. The maximum absolute atomic E-state index is 5.21. The summed E-state index contributed by atoms with van der Waals surface area (Å²) in [7, 11) is 0. The van der Waals surface area contributed by atoms with Crippen molar-refractivity contribution in [2.75, 3.05) is 6.54 Å². The molecule has 0 atom stereocenters. The van der Waals surface area contributed by atoms with Gasteiger partial charge in [-0.1, -0.05) is 18.7 Å². The summed E-state index contributed by atoms with van der Waals surface area (Å²) < 4.78 is 0. The highest BCUT2D eigenvalue weighted by atomic mass is 14.5. The summed E-state index contributed by atoms with van der Waals surface area (Å²) in [5, 5.41) is 0. The van der Waals surface area contributed by atoms with Gasteiger partial charge in [0.15, 0.2) is 0 Å². The van der Waals surface area contributed by atoms with Crippen LogP contribution in [0, 0.1) is 0 Å². The van der Waals surface area contributed by atoms with Crippen LogP contribution >= 0.6 is 0 Å². The maximum Gasteiger partial charge on any atom is 0.0172 e. The van der Waals surface area contributed by atoms with Crippen LogP contribution in [0.15, 0.2) is 24.3 Å². The van der Waals surface area contributed by atoms with Crippen LogP contribution in [0.25, 0.3) is 0 Å². The number of nitrogens with two attached hydrogens (primary N) is 1. The Labute approximate surface area is 44.5 Å². The average molecular weight is 97.2 g/mol. The van der Waals surface area contributed by atoms with Crippen LogP contribution in [0.2, 0.25) is 0 Å². The van der Waals surface area contributed by atoms with E-state index in [0.717, 1.165) is 5.57 Å². The molecule has 0 aromatic heterocycles. The minimum atomic E-state index is 0.560. The van der Waals surface area contributed by atoms with E-state index in [2.05, 4.69) is 6.58 Å². The Kier molecular flexibility index (Phi) is 3.33. The maximum atomic E-state index is 5.21. The van der Waals surface area contributed by atoms with Gasteiger partial charge in [-0.3, -0.25) is 0 Å². The Morgan fingerprint density at radius 3 is 2.57 bits per heavy atom. The lowest BCUT2D eigenvalue weighted by atomic mass is 10.3. The monoisotopic (exact) mass is 97.1 g/mol. The number of hydrogen-bond acceptors (Lipinski definition) is 1. The molecule has 0 saturated carbocycles. The largest absolute Gasteiger partial charge is 0.327 e. The zero-order valence-electron chi connectivity index (χ0n) is 4.65. The summed E-state index contributed by atoms with van der Waals surface area (Å²) in [4.78, 5) is 0. The lowest BCUT2D eigenvalue weighted by Crippen LogP contribution is -1.98. The Morgan fingerprint density at radius 1 is 1.86 bits per heavy atom. The predicted octanol–water partition coefficient (Wildman–Crippen LogP) is 1.08. The van der Waals surface area contributed by atoms with Gasteiger partial charge in [0, 0.05) is 6.54 Å². The third-order valence-electron chi connectivity index (χ3n) is 0.665. The Bertz CT molecular complexity index is 82.2. The molecule has 0 amide bonds. The fraction of sp³-hybridized carbons (Fsp3) is 0.333. The molecule has 0 rings (SSSR count). The van der Waals surface area contributed by atoms with Gasteiger partial charge in [0.05, 0.1) is 0 Å². The van der Waals surface area contributed by atoms with E-state index >= 15 is 0 Å². The quantitative estimate of drug-likeness (QED) is 0.512. The Morgan fingerprint density at radius 2 is 2.43 bits per heavy atom. The highest BCUT2D eigenvalue weighted by Gasteiger charge is 1.75. The third kappa shape index (κ3) is 3.27. The van der Waals surface area contributed by atoms with Crippen molar-refractivity contribution >= 4 is 0 Å². The highest BCUT2D eigenvalue weighted by Crippen LogP contribution is 1.85. The fourth-order valence-electron chi connectivity index (χ4n) is 0.304. The molecule has 0 radical (unpaired) electrons. The molecule has 0 aliphatic rings. The summed E-state index contributed by atoms with van der Waals surface area (Å²) in [5.74, 6) is 0. The molecule has 0 aromatic rings. The molecule has 0 aliphatic carbocycles. The molecule has 1 heteroatoms. The van der Waals surface area contributed by atoms with Gasteiger partial charge in [0.1, 0.15) is 0 Å². The van der Waals surface area contributed by atoms with Crippen LogP contribution in [0.4, 0.5) is 0 Å². The Balaban J connectivity index is 3.37. The minimum absolute atomic E-state index is 0.560. The molecular weight excluding hydrogens is 86.1 g/mol. The van der Waals surface area contributed by atoms with Gasteiger partial charge < -0.3 is 5.73 Å². The molecule has 0 fully saturated rings. The molecule has 0 spiro atoms. The zero-order valence-corrected chi connectivity index (χ0v) is 4.65. The highest BCUT2D eigenvalue weighted by molar-refractivity contribution is 5.14. The van der Waals surface area contributed by atoms with Gasteiger partial charge in [-0.25, -0.2) is 0 Å². The van der Waals surface area contributed by atoms with E-state index in [1.54, 1.807) is 0 Å². The topological polar surface area (TPSA) is 26.0 Å². The molecule has 1 nitrogen and oxygen atoms in total. The normalized spacial score (nSPS) is 10.0. The van der Waals surface area contributed by atoms with Crippen molar-refractivity contribution in [2.45, 2.75) is 6.92 Å². The molecule has 0 unspecified atom stereocenters. The van der Waals surface area contributed by atoms with E-state index < -0.39 is 0 Å². The van der Waals surface area contributed by atoms with Crippen molar-refractivity contribution in [3.05, 3.63) is 24.3 Å². The Hall–Kier alpha value is -0.560. The second-order valence-electron chi connectivity index (χ2n) is 1.36. The van der Waals surface area contributed by atoms with Crippen LogP contribution in [0.1, 0.15) is 6.92 Å². The summed E-state index contributed by atoms with van der Waals surface area (Å²) >= 11 is 0. The molecular formula is C6H11N. The van der Waals surface area contributed by atoms with Gasteiger partial charge in [-0.05, 0) is 12.5 Å². The third-order valence-corrected chi connectivity index (χ3v) is 0.665. The van der Waals surface area contributed by atoms with Crippen molar-refractivity contribution in [2.24, 2.45) is 5.73 Å². The molecule has 0 aliphatic heterocycles. The summed E-state index contributed by atoms with van der Waals surface area (Å²) in [6.45, 7) is 6.16. The average Bonchev–Trinajstić information content (AvgIpc) is 1.68. The molecule has 0 aromatic carbocycles. The van der Waals surface area contributed by atoms with Crippen LogP contribution in [-0.2, 0) is 0 Å². The summed E-state index contributed by atoms with van der Waals surface area (Å²) in [6.07, 6.45) is 3.83. The number of rotatable bonds is 2. The van der Waals surface area contributed by atoms with E-state index in [-0.39, 0.29) is 0 Å². The van der Waals surface area contributed by atoms with Gasteiger partial charge in [-0.2, -0.15) is 0 Å². The number of hydrogen-bond donors (Lipinski definition) is 1. The smallest absolute Gasteiger partial charge is 0.0172 e. The second-order valence-corrected chi connectivity index (χ2v) is 1.36. The van der Waals surface area contributed by atoms with E-state index in [1.165, 1.54) is 0 Å². The number of allylic oxidation sites excluding steroid dienone is 1. The van der Waals surface area contributed by atoms with E-state index in [4.69, 9.17) is 5.73 Å². The lowest BCUT2D eigenvalue weighted by Gasteiger charge is -1.86. The van der Waals surface area contributed by atoms with Crippen molar-refractivity contribution < 1.29 is 0 Å². The SMILES string of the molecule is C=C(/C=C/C)CN. The van der Waals surface area contributed by atoms with E-state index in [9.17, 15) is 0 Å². The van der Waals surface area contributed by atoms with Crippen molar-refractivity contribution in [1.29, 1.82) is 0 Å². The molecule has 0 saturated heterocycles. The zero-order chi connectivity index (χ0) is 5.70. The van der Waals surface area contributed by atoms with Crippen molar-refractivity contribution in [3.63, 3.8) is 0 Å². The molecule has 40 valence electrons. The summed E-state index contributed by atoms with van der Waals surface area (Å²) in [6, 6.07) is 0. The first-order valence-electron chi connectivity index (χ1n) is 2.31. The summed E-state index contributed by atoms with van der Waals surface area (Å²) in [5.41, 5.74) is 6.18.